The van der Waals surface area contributed by atoms with Crippen LogP contribution in [0.5, 0.6) is 0 Å². The van der Waals surface area contributed by atoms with Crippen molar-refractivity contribution in [3.8, 4) is 0 Å². The molecule has 2 fully saturated rings. The molecule has 1 aromatic heterocycles. The van der Waals surface area contributed by atoms with Gasteiger partial charge in [-0.15, -0.1) is 0 Å². The van der Waals surface area contributed by atoms with E-state index in [1.165, 1.54) is 23.9 Å². The van der Waals surface area contributed by atoms with E-state index in [4.69, 9.17) is 5.11 Å². The number of hydrogen-bond acceptors (Lipinski definition) is 4. The average Bonchev–Trinajstić information content (AvgIpc) is 3.22. The number of aromatic nitrogens is 2. The van der Waals surface area contributed by atoms with Gasteiger partial charge in [0.15, 0.2) is 0 Å². The highest BCUT2D eigenvalue weighted by molar-refractivity contribution is 5.77. The van der Waals surface area contributed by atoms with Crippen LogP contribution in [0.4, 0.5) is 0 Å². The molecule has 1 saturated carbocycles. The molecule has 23 heavy (non-hydrogen) atoms. The van der Waals surface area contributed by atoms with Crippen molar-refractivity contribution in [2.45, 2.75) is 25.8 Å². The lowest BCUT2D eigenvalue weighted by Gasteiger charge is -2.32. The van der Waals surface area contributed by atoms with Crippen LogP contribution in [-0.2, 0) is 23.2 Å². The van der Waals surface area contributed by atoms with E-state index in [1.807, 2.05) is 0 Å². The summed E-state index contributed by atoms with van der Waals surface area (Å²) in [5.41, 5.74) is -1.06. The van der Waals surface area contributed by atoms with Gasteiger partial charge in [-0.25, -0.2) is 4.79 Å². The molecule has 0 aromatic carbocycles. The summed E-state index contributed by atoms with van der Waals surface area (Å²) in [6.45, 7) is 0.925. The highest BCUT2D eigenvalue weighted by Crippen LogP contribution is 2.59. The molecule has 1 amide bonds. The highest BCUT2D eigenvalue weighted by atomic mass is 16.4. The Balaban J connectivity index is 1.63. The summed E-state index contributed by atoms with van der Waals surface area (Å²) in [6, 6.07) is 1.25. The van der Waals surface area contributed by atoms with E-state index < -0.39 is 17.2 Å². The summed E-state index contributed by atoms with van der Waals surface area (Å²) in [6.07, 6.45) is 3.41. The number of amides is 1. The summed E-state index contributed by atoms with van der Waals surface area (Å²) in [5, 5.41) is 9.07. The quantitative estimate of drug-likeness (QED) is 0.790. The molecule has 2 aliphatic rings. The predicted octanol–water partition coefficient (Wildman–Crippen LogP) is -0.740. The molecule has 1 aliphatic heterocycles. The molecule has 2 heterocycles. The fourth-order valence-corrected chi connectivity index (χ4v) is 3.43. The van der Waals surface area contributed by atoms with Crippen LogP contribution in [0.3, 0.4) is 0 Å². The monoisotopic (exact) mass is 321 g/mol. The van der Waals surface area contributed by atoms with Crippen LogP contribution in [0.15, 0.2) is 21.9 Å². The van der Waals surface area contributed by atoms with Crippen molar-refractivity contribution in [2.75, 3.05) is 13.1 Å². The zero-order valence-corrected chi connectivity index (χ0v) is 12.9. The summed E-state index contributed by atoms with van der Waals surface area (Å²) in [5.74, 6) is -1.21. The van der Waals surface area contributed by atoms with E-state index in [0.29, 0.717) is 32.4 Å². The molecule has 1 atom stereocenters. The van der Waals surface area contributed by atoms with E-state index in [9.17, 15) is 19.2 Å². The minimum atomic E-state index is -0.749. The van der Waals surface area contributed by atoms with Crippen LogP contribution < -0.4 is 11.2 Å². The molecule has 1 N–H and O–H groups in total. The van der Waals surface area contributed by atoms with Crippen molar-refractivity contribution < 1.29 is 14.7 Å². The second-order valence-corrected chi connectivity index (χ2v) is 6.46. The number of piperidine rings is 1. The van der Waals surface area contributed by atoms with Crippen molar-refractivity contribution >= 4 is 11.9 Å². The summed E-state index contributed by atoms with van der Waals surface area (Å²) in [4.78, 5) is 48.3. The van der Waals surface area contributed by atoms with Crippen molar-refractivity contribution in [1.29, 1.82) is 0 Å². The number of aliphatic carboxylic acids is 1. The van der Waals surface area contributed by atoms with Gasteiger partial charge in [-0.1, -0.05) is 0 Å². The second kappa shape index (κ2) is 5.36. The van der Waals surface area contributed by atoms with Gasteiger partial charge in [0.1, 0.15) is 6.54 Å². The first kappa shape index (κ1) is 15.5. The molecule has 8 nitrogen and oxygen atoms in total. The largest absolute Gasteiger partial charge is 0.481 e. The fourth-order valence-electron chi connectivity index (χ4n) is 3.43. The van der Waals surface area contributed by atoms with E-state index in [0.717, 1.165) is 4.57 Å². The molecule has 0 radical (unpaired) electrons. The number of hydrogen-bond donors (Lipinski definition) is 1. The van der Waals surface area contributed by atoms with Gasteiger partial charge in [0.25, 0.3) is 5.56 Å². The van der Waals surface area contributed by atoms with Crippen molar-refractivity contribution in [3.63, 3.8) is 0 Å². The molecule has 124 valence electrons. The van der Waals surface area contributed by atoms with Gasteiger partial charge in [0.05, 0.1) is 5.92 Å². The Morgan fingerprint density at radius 3 is 2.52 bits per heavy atom. The number of carbonyl (C=O) groups excluding carboxylic acids is 1. The number of rotatable bonds is 3. The molecule has 1 aromatic rings. The molecule has 1 unspecified atom stereocenters. The van der Waals surface area contributed by atoms with Crippen molar-refractivity contribution in [2.24, 2.45) is 18.4 Å². The zero-order chi connectivity index (χ0) is 16.8. The Bertz CT molecular complexity index is 770. The number of carboxylic acid groups (broad SMARTS) is 1. The minimum absolute atomic E-state index is 0.109. The maximum Gasteiger partial charge on any atom is 0.331 e. The lowest BCUT2D eigenvalue weighted by molar-refractivity contribution is -0.140. The highest BCUT2D eigenvalue weighted by Gasteiger charge is 2.59. The third kappa shape index (κ3) is 2.69. The second-order valence-electron chi connectivity index (χ2n) is 6.46. The normalized spacial score (nSPS) is 22.1. The number of nitrogens with zero attached hydrogens (tertiary/aromatic N) is 3. The molecule has 1 aliphatic carbocycles. The summed E-state index contributed by atoms with van der Waals surface area (Å²) >= 11 is 0. The lowest BCUT2D eigenvalue weighted by atomic mass is 9.91. The number of carbonyl (C=O) groups is 2. The van der Waals surface area contributed by atoms with Crippen molar-refractivity contribution in [3.05, 3.63) is 33.1 Å². The van der Waals surface area contributed by atoms with E-state index in [-0.39, 0.29) is 23.8 Å². The van der Waals surface area contributed by atoms with Crippen LogP contribution in [0, 0.1) is 11.3 Å². The Kier molecular flexibility index (Phi) is 3.62. The smallest absolute Gasteiger partial charge is 0.331 e. The first-order valence-electron chi connectivity index (χ1n) is 7.61. The third-order valence-corrected chi connectivity index (χ3v) is 5.17. The van der Waals surface area contributed by atoms with E-state index in [1.54, 1.807) is 4.90 Å². The van der Waals surface area contributed by atoms with Crippen LogP contribution in [-0.4, -0.2) is 44.1 Å². The van der Waals surface area contributed by atoms with Gasteiger partial charge in [-0.2, -0.15) is 0 Å². The average molecular weight is 321 g/mol. The third-order valence-electron chi connectivity index (χ3n) is 5.17. The maximum absolute atomic E-state index is 12.3. The zero-order valence-electron chi connectivity index (χ0n) is 12.9. The van der Waals surface area contributed by atoms with E-state index in [2.05, 4.69) is 0 Å². The fraction of sp³-hybridized carbons (Fsp3) is 0.600. The molecule has 1 saturated heterocycles. The molecule has 0 bridgehead atoms. The van der Waals surface area contributed by atoms with Gasteiger partial charge < -0.3 is 10.0 Å². The Labute approximate surface area is 131 Å². The van der Waals surface area contributed by atoms with Gasteiger partial charge in [0.2, 0.25) is 5.91 Å². The first-order chi connectivity index (χ1) is 10.8. The molecule has 8 heteroatoms. The van der Waals surface area contributed by atoms with Gasteiger partial charge >= 0.3 is 11.7 Å². The van der Waals surface area contributed by atoms with E-state index >= 15 is 0 Å². The van der Waals surface area contributed by atoms with Crippen LogP contribution in [0.1, 0.15) is 19.3 Å². The number of carboxylic acids is 1. The Morgan fingerprint density at radius 1 is 1.30 bits per heavy atom. The Morgan fingerprint density at radius 2 is 1.96 bits per heavy atom. The van der Waals surface area contributed by atoms with Crippen LogP contribution >= 0.6 is 0 Å². The van der Waals surface area contributed by atoms with Gasteiger partial charge in [0, 0.05) is 32.4 Å². The first-order valence-corrected chi connectivity index (χ1v) is 7.61. The van der Waals surface area contributed by atoms with Gasteiger partial charge in [-0.3, -0.25) is 23.5 Å². The Hall–Kier alpha value is -2.38. The molecule has 3 rings (SSSR count). The van der Waals surface area contributed by atoms with Gasteiger partial charge in [-0.05, 0) is 24.7 Å². The topological polar surface area (TPSA) is 102 Å². The van der Waals surface area contributed by atoms with Crippen molar-refractivity contribution in [1.82, 2.24) is 14.0 Å². The predicted molar refractivity (Wildman–Crippen MR) is 79.9 cm³/mol. The maximum atomic E-state index is 12.3. The molecular formula is C15H19N3O5. The minimum Gasteiger partial charge on any atom is -0.481 e. The van der Waals surface area contributed by atoms with Crippen LogP contribution in [0.25, 0.3) is 0 Å². The standard InChI is InChI=1S/C15H19N3O5/c1-16-11(19)2-5-18(14(16)23)9-12(20)17-6-3-15(4-7-17)8-10(15)13(21)22/h2,5,10H,3-4,6-9H2,1H3,(H,21,22). The lowest BCUT2D eigenvalue weighted by Crippen LogP contribution is -2.44. The molecule has 1 spiro atoms. The number of likely N-dealkylation sites (tertiary alicyclic amines) is 1. The SMILES string of the molecule is Cn1c(=O)ccn(CC(=O)N2CCC3(CC2)CC3C(=O)O)c1=O. The summed E-state index contributed by atoms with van der Waals surface area (Å²) in [7, 11) is 1.37. The molecular weight excluding hydrogens is 302 g/mol. The van der Waals surface area contributed by atoms with Crippen LogP contribution in [0.2, 0.25) is 0 Å². The summed E-state index contributed by atoms with van der Waals surface area (Å²) < 4.78 is 2.17.